The largest absolute Gasteiger partial charge is 0.495 e. The molecule has 1 aromatic heterocycles. The molecular weight excluding hydrogens is 461 g/mol. The number of carbonyl (C=O) groups excluding carboxylic acids is 2. The molecule has 2 atom stereocenters. The number of nitriles is 1. The summed E-state index contributed by atoms with van der Waals surface area (Å²) in [5.41, 5.74) is 5.98. The first-order valence-corrected chi connectivity index (χ1v) is 12.1. The summed E-state index contributed by atoms with van der Waals surface area (Å²) in [6.45, 7) is 7.74. The topological polar surface area (TPSA) is 141 Å². The number of hydrogen-bond acceptors (Lipinski definition) is 8. The van der Waals surface area contributed by atoms with Crippen molar-refractivity contribution in [3.05, 3.63) is 35.5 Å². The van der Waals surface area contributed by atoms with E-state index in [1.165, 1.54) is 7.11 Å². The fourth-order valence-electron chi connectivity index (χ4n) is 4.65. The normalized spacial score (nSPS) is 22.6. The molecule has 1 amide bonds. The summed E-state index contributed by atoms with van der Waals surface area (Å²) in [5.74, 6) is -1.13. The fraction of sp³-hybridized carbons (Fsp3) is 0.520. The molecule has 10 nitrogen and oxygen atoms in total. The second kappa shape index (κ2) is 9.60. The first-order valence-electron chi connectivity index (χ1n) is 12.1. The molecule has 1 aromatic carbocycles. The van der Waals surface area contributed by atoms with Gasteiger partial charge >= 0.3 is 13.1 Å². The van der Waals surface area contributed by atoms with Crippen LogP contribution in [0.2, 0.25) is 0 Å². The van der Waals surface area contributed by atoms with Crippen LogP contribution in [0.4, 0.5) is 11.5 Å². The molecule has 0 radical (unpaired) electrons. The van der Waals surface area contributed by atoms with Crippen molar-refractivity contribution in [3.8, 4) is 6.07 Å². The summed E-state index contributed by atoms with van der Waals surface area (Å²) in [4.78, 5) is 24.9. The highest BCUT2D eigenvalue weighted by atomic mass is 16.7. The van der Waals surface area contributed by atoms with Crippen LogP contribution in [-0.2, 0) is 14.0 Å². The van der Waals surface area contributed by atoms with E-state index in [2.05, 4.69) is 16.5 Å². The van der Waals surface area contributed by atoms with Gasteiger partial charge in [-0.15, -0.1) is 0 Å². The number of hydrogen-bond donors (Lipinski definition) is 2. The van der Waals surface area contributed by atoms with Crippen molar-refractivity contribution in [2.45, 2.75) is 70.6 Å². The molecule has 2 aliphatic rings. The molecule has 36 heavy (non-hydrogen) atoms. The summed E-state index contributed by atoms with van der Waals surface area (Å²) in [6, 6.07) is 7.31. The molecule has 4 rings (SSSR count). The third-order valence-electron chi connectivity index (χ3n) is 7.46. The Hall–Kier alpha value is -3.36. The van der Waals surface area contributed by atoms with Gasteiger partial charge in [0.2, 0.25) is 0 Å². The number of nitrogens with two attached hydrogens (primary N) is 1. The van der Waals surface area contributed by atoms with E-state index in [1.807, 2.05) is 27.7 Å². The number of amides is 1. The van der Waals surface area contributed by atoms with E-state index < -0.39 is 30.2 Å². The summed E-state index contributed by atoms with van der Waals surface area (Å²) >= 11 is 0. The van der Waals surface area contributed by atoms with Gasteiger partial charge in [0.25, 0.3) is 5.91 Å². The number of carbonyl (C=O) groups is 2. The maximum atomic E-state index is 12.7. The molecule has 0 bridgehead atoms. The molecule has 190 valence electrons. The molecule has 1 saturated heterocycles. The minimum absolute atomic E-state index is 0.131. The van der Waals surface area contributed by atoms with E-state index in [1.54, 1.807) is 29.1 Å². The molecule has 0 unspecified atom stereocenters. The number of aromatic nitrogens is 2. The predicted molar refractivity (Wildman–Crippen MR) is 134 cm³/mol. The third-order valence-corrected chi connectivity index (χ3v) is 7.46. The van der Waals surface area contributed by atoms with Crippen LogP contribution in [-0.4, -0.2) is 47.1 Å². The van der Waals surface area contributed by atoms with Crippen molar-refractivity contribution in [2.75, 3.05) is 12.4 Å². The highest BCUT2D eigenvalue weighted by Crippen LogP contribution is 2.37. The number of nitrogens with zero attached hydrogens (tertiary/aromatic N) is 3. The lowest BCUT2D eigenvalue weighted by molar-refractivity contribution is 0.00578. The van der Waals surface area contributed by atoms with Crippen molar-refractivity contribution in [1.29, 1.82) is 5.26 Å². The standard InChI is InChI=1S/C25H32BN5O5/c1-24(2)25(3,4)36-26(35-24)19-11-10-16(12-17(19)23(33)34-5)29-22-18(21(28)32)14-31(30-22)20-9-7-6-8-15(20)13-27/h10-12,14-15,20H,6-9H2,1-5H3,(H2,28,32)(H,29,30)/t15-,20+/m1/s1. The lowest BCUT2D eigenvalue weighted by Gasteiger charge is -2.32. The fourth-order valence-corrected chi connectivity index (χ4v) is 4.65. The Morgan fingerprint density at radius 3 is 2.47 bits per heavy atom. The predicted octanol–water partition coefficient (Wildman–Crippen LogP) is 3.07. The van der Waals surface area contributed by atoms with Gasteiger partial charge in [0, 0.05) is 11.9 Å². The van der Waals surface area contributed by atoms with Crippen LogP contribution >= 0.6 is 0 Å². The van der Waals surface area contributed by atoms with Crippen LogP contribution in [0.1, 0.15) is 80.1 Å². The number of benzene rings is 1. The van der Waals surface area contributed by atoms with E-state index in [9.17, 15) is 14.9 Å². The molecule has 11 heteroatoms. The molecule has 2 fully saturated rings. The number of anilines is 2. The first kappa shape index (κ1) is 25.7. The zero-order valence-corrected chi connectivity index (χ0v) is 21.3. The monoisotopic (exact) mass is 493 g/mol. The number of primary amides is 1. The molecule has 2 heterocycles. The summed E-state index contributed by atoms with van der Waals surface area (Å²) in [6.07, 6.45) is 5.16. The van der Waals surface area contributed by atoms with Gasteiger partial charge in [0.15, 0.2) is 5.82 Å². The molecule has 1 aliphatic carbocycles. The summed E-state index contributed by atoms with van der Waals surface area (Å²) in [7, 11) is 0.548. The molecule has 3 N–H and O–H groups in total. The highest BCUT2D eigenvalue weighted by Gasteiger charge is 2.52. The number of esters is 1. The van der Waals surface area contributed by atoms with Gasteiger partial charge in [-0.3, -0.25) is 9.48 Å². The minimum Gasteiger partial charge on any atom is -0.465 e. The van der Waals surface area contributed by atoms with Gasteiger partial charge in [-0.1, -0.05) is 18.9 Å². The molecule has 1 aliphatic heterocycles. The van der Waals surface area contributed by atoms with Gasteiger partial charge < -0.3 is 25.1 Å². The van der Waals surface area contributed by atoms with Gasteiger partial charge in [-0.05, 0) is 58.1 Å². The second-order valence-corrected chi connectivity index (χ2v) is 10.3. The van der Waals surface area contributed by atoms with Gasteiger partial charge in [0.1, 0.15) is 5.56 Å². The average Bonchev–Trinajstić information content (AvgIpc) is 3.35. The quantitative estimate of drug-likeness (QED) is 0.462. The maximum Gasteiger partial charge on any atom is 0.495 e. The molecule has 2 aromatic rings. The van der Waals surface area contributed by atoms with Crippen molar-refractivity contribution < 1.29 is 23.6 Å². The van der Waals surface area contributed by atoms with Crippen LogP contribution in [0.3, 0.4) is 0 Å². The minimum atomic E-state index is -0.757. The van der Waals surface area contributed by atoms with Crippen LogP contribution < -0.4 is 16.5 Å². The smallest absolute Gasteiger partial charge is 0.465 e. The SMILES string of the molecule is COC(=O)c1cc(Nc2nn([C@H]3CCCC[C@@H]3C#N)cc2C(N)=O)ccc1B1OC(C)(C)C(C)(C)O1. The number of methoxy groups -OCH3 is 1. The first-order chi connectivity index (χ1) is 17.0. The Balaban J connectivity index is 1.67. The number of rotatable bonds is 6. The van der Waals surface area contributed by atoms with Gasteiger partial charge in [0.05, 0.1) is 41.9 Å². The number of ether oxygens (including phenoxy) is 1. The third kappa shape index (κ3) is 4.71. The lowest BCUT2D eigenvalue weighted by Crippen LogP contribution is -2.41. The molecular formula is C25H32BN5O5. The second-order valence-electron chi connectivity index (χ2n) is 10.3. The Morgan fingerprint density at radius 2 is 1.86 bits per heavy atom. The van der Waals surface area contributed by atoms with Crippen LogP contribution in [0.25, 0.3) is 0 Å². The Morgan fingerprint density at radius 1 is 1.19 bits per heavy atom. The van der Waals surface area contributed by atoms with E-state index in [-0.39, 0.29) is 28.9 Å². The van der Waals surface area contributed by atoms with Crippen molar-refractivity contribution >= 4 is 36.0 Å². The average molecular weight is 493 g/mol. The Labute approximate surface area is 211 Å². The molecule has 1 saturated carbocycles. The summed E-state index contributed by atoms with van der Waals surface area (Å²) in [5, 5.41) is 17.2. The molecule has 0 spiro atoms. The van der Waals surface area contributed by atoms with E-state index in [0.717, 1.165) is 25.7 Å². The maximum absolute atomic E-state index is 12.7. The zero-order chi connectivity index (χ0) is 26.3. The van der Waals surface area contributed by atoms with Crippen LogP contribution in [0.15, 0.2) is 24.4 Å². The van der Waals surface area contributed by atoms with Crippen LogP contribution in [0.5, 0.6) is 0 Å². The zero-order valence-electron chi connectivity index (χ0n) is 21.3. The Bertz CT molecular complexity index is 1200. The van der Waals surface area contributed by atoms with Crippen LogP contribution in [0, 0.1) is 17.2 Å². The van der Waals surface area contributed by atoms with Crippen molar-refractivity contribution in [3.63, 3.8) is 0 Å². The van der Waals surface area contributed by atoms with Gasteiger partial charge in [-0.2, -0.15) is 10.4 Å². The van der Waals surface area contributed by atoms with Crippen molar-refractivity contribution in [2.24, 2.45) is 11.7 Å². The van der Waals surface area contributed by atoms with Crippen molar-refractivity contribution in [1.82, 2.24) is 9.78 Å². The number of nitrogens with one attached hydrogen (secondary N) is 1. The van der Waals surface area contributed by atoms with E-state index in [4.69, 9.17) is 19.8 Å². The van der Waals surface area contributed by atoms with Gasteiger partial charge in [-0.25, -0.2) is 4.79 Å². The van der Waals surface area contributed by atoms with E-state index in [0.29, 0.717) is 11.2 Å². The highest BCUT2D eigenvalue weighted by molar-refractivity contribution is 6.63. The summed E-state index contributed by atoms with van der Waals surface area (Å²) < 4.78 is 18.9. The lowest BCUT2D eigenvalue weighted by atomic mass is 9.75. The van der Waals surface area contributed by atoms with E-state index >= 15 is 0 Å². The Kier molecular flexibility index (Phi) is 6.86.